The molecule has 0 bridgehead atoms. The van der Waals surface area contributed by atoms with Crippen LogP contribution in [0.1, 0.15) is 13.3 Å². The Kier molecular flexibility index (Phi) is 4.26. The molecule has 2 rings (SSSR count). The minimum absolute atomic E-state index is 0.0352. The fourth-order valence-corrected chi connectivity index (χ4v) is 3.25. The molecule has 112 valence electrons. The van der Waals surface area contributed by atoms with Crippen LogP contribution in [0.4, 0.5) is 5.82 Å². The number of hydrogen-bond donors (Lipinski definition) is 1. The molecule has 1 saturated heterocycles. The molecule has 0 unspecified atom stereocenters. The molecule has 0 radical (unpaired) electrons. The highest BCUT2D eigenvalue weighted by Gasteiger charge is 2.39. The summed E-state index contributed by atoms with van der Waals surface area (Å²) in [6, 6.07) is 0. The van der Waals surface area contributed by atoms with Crippen molar-refractivity contribution in [2.45, 2.75) is 18.9 Å². The summed E-state index contributed by atoms with van der Waals surface area (Å²) in [5.74, 6) is 0.734. The minimum Gasteiger partial charge on any atom is -0.387 e. The lowest BCUT2D eigenvalue weighted by Gasteiger charge is -2.28. The van der Waals surface area contributed by atoms with Crippen molar-refractivity contribution in [3.63, 3.8) is 0 Å². The third kappa shape index (κ3) is 3.25. The van der Waals surface area contributed by atoms with Crippen molar-refractivity contribution in [3.05, 3.63) is 18.6 Å². The number of nitrogens with zero attached hydrogens (tertiary/aromatic N) is 4. The van der Waals surface area contributed by atoms with Gasteiger partial charge in [0.2, 0.25) is 10.0 Å². The van der Waals surface area contributed by atoms with E-state index in [9.17, 15) is 13.5 Å². The molecule has 1 aromatic heterocycles. The van der Waals surface area contributed by atoms with Gasteiger partial charge in [0, 0.05) is 39.1 Å². The predicted molar refractivity (Wildman–Crippen MR) is 75.9 cm³/mol. The molecule has 2 heterocycles. The fourth-order valence-electron chi connectivity index (χ4n) is 2.37. The Morgan fingerprint density at radius 3 is 2.85 bits per heavy atom. The second-order valence-electron chi connectivity index (χ2n) is 5.12. The topological polar surface area (TPSA) is 86.6 Å². The lowest BCUT2D eigenvalue weighted by atomic mass is 10.0. The predicted octanol–water partition coefficient (Wildman–Crippen LogP) is -0.301. The van der Waals surface area contributed by atoms with E-state index in [1.54, 1.807) is 25.5 Å². The standard InChI is InChI=1S/C12H20N4O3S/c1-3-20(18,19)15(2)9-12(17)4-7-16(10-12)11-8-13-5-6-14-11/h5-6,8,17H,3-4,7,9-10H2,1-2H3/t12-/m1/s1. The van der Waals surface area contributed by atoms with Crippen LogP contribution in [-0.4, -0.2) is 65.8 Å². The van der Waals surface area contributed by atoms with Crippen LogP contribution < -0.4 is 4.90 Å². The van der Waals surface area contributed by atoms with Crippen molar-refractivity contribution in [2.75, 3.05) is 37.3 Å². The normalized spacial score (nSPS) is 23.5. The fraction of sp³-hybridized carbons (Fsp3) is 0.667. The first-order chi connectivity index (χ1) is 9.36. The first-order valence-corrected chi connectivity index (χ1v) is 8.14. The number of anilines is 1. The molecule has 1 aliphatic heterocycles. The number of aliphatic hydroxyl groups is 1. The summed E-state index contributed by atoms with van der Waals surface area (Å²) in [5.41, 5.74) is -1.05. The summed E-state index contributed by atoms with van der Waals surface area (Å²) in [4.78, 5) is 10.1. The van der Waals surface area contributed by atoms with E-state index >= 15 is 0 Å². The van der Waals surface area contributed by atoms with Crippen LogP contribution in [0.2, 0.25) is 0 Å². The molecule has 1 fully saturated rings. The molecule has 1 N–H and O–H groups in total. The average Bonchev–Trinajstić information content (AvgIpc) is 2.82. The van der Waals surface area contributed by atoms with Gasteiger partial charge in [-0.3, -0.25) is 4.98 Å². The molecule has 0 aliphatic carbocycles. The lowest BCUT2D eigenvalue weighted by molar-refractivity contribution is 0.0479. The average molecular weight is 300 g/mol. The SMILES string of the molecule is CCS(=O)(=O)N(C)C[C@]1(O)CCN(c2cnccn2)C1. The Hall–Kier alpha value is -1.25. The quantitative estimate of drug-likeness (QED) is 0.803. The molecule has 0 amide bonds. The van der Waals surface area contributed by atoms with Crippen LogP contribution >= 0.6 is 0 Å². The molecule has 8 heteroatoms. The molecule has 7 nitrogen and oxygen atoms in total. The molecular weight excluding hydrogens is 280 g/mol. The summed E-state index contributed by atoms with van der Waals surface area (Å²) < 4.78 is 24.7. The minimum atomic E-state index is -3.28. The van der Waals surface area contributed by atoms with Crippen molar-refractivity contribution in [1.29, 1.82) is 0 Å². The van der Waals surface area contributed by atoms with Gasteiger partial charge in [-0.2, -0.15) is 0 Å². The summed E-state index contributed by atoms with van der Waals surface area (Å²) >= 11 is 0. The first-order valence-electron chi connectivity index (χ1n) is 6.54. The second kappa shape index (κ2) is 5.63. The van der Waals surface area contributed by atoms with E-state index < -0.39 is 15.6 Å². The number of hydrogen-bond acceptors (Lipinski definition) is 6. The van der Waals surface area contributed by atoms with Gasteiger partial charge < -0.3 is 10.0 Å². The van der Waals surface area contributed by atoms with Gasteiger partial charge in [-0.05, 0) is 13.3 Å². The molecule has 0 aromatic carbocycles. The van der Waals surface area contributed by atoms with Crippen molar-refractivity contribution >= 4 is 15.8 Å². The van der Waals surface area contributed by atoms with Crippen molar-refractivity contribution < 1.29 is 13.5 Å². The zero-order chi connectivity index (χ0) is 14.8. The van der Waals surface area contributed by atoms with E-state index in [4.69, 9.17) is 0 Å². The van der Waals surface area contributed by atoms with E-state index in [1.807, 2.05) is 4.90 Å². The van der Waals surface area contributed by atoms with Gasteiger partial charge in [0.15, 0.2) is 0 Å². The van der Waals surface area contributed by atoms with E-state index in [0.29, 0.717) is 25.3 Å². The van der Waals surface area contributed by atoms with Gasteiger partial charge in [0.05, 0.1) is 17.6 Å². The summed E-state index contributed by atoms with van der Waals surface area (Å²) in [6.07, 6.45) is 5.33. The van der Waals surface area contributed by atoms with Crippen LogP contribution in [0, 0.1) is 0 Å². The zero-order valence-electron chi connectivity index (χ0n) is 11.7. The number of sulfonamides is 1. The Morgan fingerprint density at radius 1 is 1.50 bits per heavy atom. The van der Waals surface area contributed by atoms with Gasteiger partial charge in [-0.1, -0.05) is 0 Å². The van der Waals surface area contributed by atoms with Gasteiger partial charge in [-0.25, -0.2) is 17.7 Å². The molecule has 1 atom stereocenters. The summed E-state index contributed by atoms with van der Waals surface area (Å²) in [5, 5.41) is 10.6. The summed E-state index contributed by atoms with van der Waals surface area (Å²) in [6.45, 7) is 2.68. The van der Waals surface area contributed by atoms with Crippen molar-refractivity contribution in [1.82, 2.24) is 14.3 Å². The molecule has 0 saturated carbocycles. The van der Waals surface area contributed by atoms with Crippen LogP contribution in [0.15, 0.2) is 18.6 Å². The zero-order valence-corrected chi connectivity index (χ0v) is 12.5. The Bertz CT molecular complexity index is 551. The number of aromatic nitrogens is 2. The highest BCUT2D eigenvalue weighted by atomic mass is 32.2. The Labute approximate surface area is 119 Å². The van der Waals surface area contributed by atoms with Crippen LogP contribution in [0.25, 0.3) is 0 Å². The first kappa shape index (κ1) is 15.1. The molecule has 1 aliphatic rings. The molecular formula is C12H20N4O3S. The van der Waals surface area contributed by atoms with Crippen molar-refractivity contribution in [2.24, 2.45) is 0 Å². The molecule has 1 aromatic rings. The van der Waals surface area contributed by atoms with E-state index in [-0.39, 0.29) is 12.3 Å². The van der Waals surface area contributed by atoms with E-state index in [2.05, 4.69) is 9.97 Å². The maximum absolute atomic E-state index is 11.8. The third-order valence-electron chi connectivity index (χ3n) is 3.56. The number of β-amino-alcohol motifs (C(OH)–C–C–N with tert-alkyl or cyclic N) is 1. The monoisotopic (exact) mass is 300 g/mol. The smallest absolute Gasteiger partial charge is 0.213 e. The lowest BCUT2D eigenvalue weighted by Crippen LogP contribution is -2.46. The van der Waals surface area contributed by atoms with Gasteiger partial charge in [0.1, 0.15) is 5.82 Å². The van der Waals surface area contributed by atoms with E-state index in [0.717, 1.165) is 0 Å². The highest BCUT2D eigenvalue weighted by molar-refractivity contribution is 7.89. The van der Waals surface area contributed by atoms with Gasteiger partial charge in [0.25, 0.3) is 0 Å². The Balaban J connectivity index is 2.04. The highest BCUT2D eigenvalue weighted by Crippen LogP contribution is 2.26. The van der Waals surface area contributed by atoms with Crippen LogP contribution in [0.5, 0.6) is 0 Å². The van der Waals surface area contributed by atoms with Crippen LogP contribution in [-0.2, 0) is 10.0 Å². The molecule has 0 spiro atoms. The number of rotatable bonds is 5. The van der Waals surface area contributed by atoms with Crippen LogP contribution in [0.3, 0.4) is 0 Å². The second-order valence-corrected chi connectivity index (χ2v) is 7.48. The number of likely N-dealkylation sites (N-methyl/N-ethyl adjacent to an activating group) is 1. The molecule has 20 heavy (non-hydrogen) atoms. The van der Waals surface area contributed by atoms with Gasteiger partial charge >= 0.3 is 0 Å². The third-order valence-corrected chi connectivity index (χ3v) is 5.37. The van der Waals surface area contributed by atoms with Gasteiger partial charge in [-0.15, -0.1) is 0 Å². The maximum Gasteiger partial charge on any atom is 0.213 e. The largest absolute Gasteiger partial charge is 0.387 e. The maximum atomic E-state index is 11.8. The van der Waals surface area contributed by atoms with Crippen molar-refractivity contribution in [3.8, 4) is 0 Å². The van der Waals surface area contributed by atoms with E-state index in [1.165, 1.54) is 11.4 Å². The Morgan fingerprint density at radius 2 is 2.25 bits per heavy atom. The summed E-state index contributed by atoms with van der Waals surface area (Å²) in [7, 11) is -1.78.